The molecule has 0 aliphatic heterocycles. The Bertz CT molecular complexity index is 532. The molecule has 0 saturated heterocycles. The van der Waals surface area contributed by atoms with Crippen molar-refractivity contribution in [3.8, 4) is 0 Å². The molecule has 1 aliphatic carbocycles. The van der Waals surface area contributed by atoms with Gasteiger partial charge in [0.25, 0.3) is 0 Å². The third-order valence-corrected chi connectivity index (χ3v) is 5.75. The van der Waals surface area contributed by atoms with E-state index in [1.54, 1.807) is 11.4 Å². The second-order valence-electron chi connectivity index (χ2n) is 5.05. The summed E-state index contributed by atoms with van der Waals surface area (Å²) in [6.45, 7) is 2.35. The molecule has 0 bridgehead atoms. The molecule has 1 saturated carbocycles. The van der Waals surface area contributed by atoms with Crippen LogP contribution in [0.15, 0.2) is 11.1 Å². The Hall–Kier alpha value is -1.08. The maximum atomic E-state index is 12.7. The van der Waals surface area contributed by atoms with Crippen LogP contribution in [-0.4, -0.2) is 35.1 Å². The van der Waals surface area contributed by atoms with Crippen molar-refractivity contribution < 1.29 is 8.42 Å². The second-order valence-corrected chi connectivity index (χ2v) is 6.91. The fraction of sp³-hybridized carbons (Fsp3) is 0.750. The molecule has 2 N–H and O–H groups in total. The molecule has 7 heteroatoms. The highest BCUT2D eigenvalue weighted by Gasteiger charge is 2.33. The highest BCUT2D eigenvalue weighted by Crippen LogP contribution is 2.29. The van der Waals surface area contributed by atoms with Gasteiger partial charge in [-0.3, -0.25) is 4.68 Å². The smallest absolute Gasteiger partial charge is 0.248 e. The van der Waals surface area contributed by atoms with E-state index in [1.807, 2.05) is 6.92 Å². The summed E-state index contributed by atoms with van der Waals surface area (Å²) in [5, 5.41) is 3.93. The molecule has 2 rings (SSSR count). The van der Waals surface area contributed by atoms with Gasteiger partial charge >= 0.3 is 0 Å². The summed E-state index contributed by atoms with van der Waals surface area (Å²) in [5.74, 6) is 0.0803. The van der Waals surface area contributed by atoms with Gasteiger partial charge in [-0.15, -0.1) is 0 Å². The molecule has 0 aromatic carbocycles. The number of hydrogen-bond acceptors (Lipinski definition) is 4. The Morgan fingerprint density at radius 2 is 2.05 bits per heavy atom. The van der Waals surface area contributed by atoms with E-state index < -0.39 is 10.0 Å². The summed E-state index contributed by atoms with van der Waals surface area (Å²) >= 11 is 0. The molecule has 19 heavy (non-hydrogen) atoms. The number of sulfonamides is 1. The molecule has 0 spiro atoms. The molecular formula is C12H22N4O2S. The molecule has 0 amide bonds. The average Bonchev–Trinajstić information content (AvgIpc) is 2.71. The number of nitrogen functional groups attached to an aromatic ring is 1. The van der Waals surface area contributed by atoms with Crippen LogP contribution in [0, 0.1) is 0 Å². The first-order chi connectivity index (χ1) is 8.96. The van der Waals surface area contributed by atoms with E-state index in [4.69, 9.17) is 5.73 Å². The summed E-state index contributed by atoms with van der Waals surface area (Å²) in [4.78, 5) is 0.127. The van der Waals surface area contributed by atoms with Gasteiger partial charge in [-0.25, -0.2) is 8.42 Å². The number of nitrogens with zero attached hydrogens (tertiary/aromatic N) is 3. The number of hydrogen-bond donors (Lipinski definition) is 1. The van der Waals surface area contributed by atoms with Crippen LogP contribution < -0.4 is 5.73 Å². The summed E-state index contributed by atoms with van der Waals surface area (Å²) in [6, 6.07) is 0.100. The Balaban J connectivity index is 2.32. The summed E-state index contributed by atoms with van der Waals surface area (Å²) in [7, 11) is -1.86. The minimum Gasteiger partial charge on any atom is -0.381 e. The van der Waals surface area contributed by atoms with Crippen LogP contribution >= 0.6 is 0 Å². The lowest BCUT2D eigenvalue weighted by Crippen LogP contribution is -2.41. The number of rotatable bonds is 4. The third kappa shape index (κ3) is 2.76. The van der Waals surface area contributed by atoms with Crippen molar-refractivity contribution >= 4 is 15.8 Å². The molecule has 6 nitrogen and oxygen atoms in total. The van der Waals surface area contributed by atoms with Gasteiger partial charge in [0, 0.05) is 25.8 Å². The lowest BCUT2D eigenvalue weighted by molar-refractivity contribution is 0.261. The first kappa shape index (κ1) is 14.3. The predicted octanol–water partition coefficient (Wildman–Crippen LogP) is 1.35. The van der Waals surface area contributed by atoms with Crippen LogP contribution in [0.1, 0.15) is 39.0 Å². The molecule has 108 valence electrons. The quantitative estimate of drug-likeness (QED) is 0.905. The van der Waals surface area contributed by atoms with Gasteiger partial charge in [-0.1, -0.05) is 26.2 Å². The average molecular weight is 286 g/mol. The van der Waals surface area contributed by atoms with E-state index in [2.05, 4.69) is 5.10 Å². The van der Waals surface area contributed by atoms with E-state index in [0.717, 1.165) is 25.7 Å². The summed E-state index contributed by atoms with van der Waals surface area (Å²) < 4.78 is 28.4. The van der Waals surface area contributed by atoms with Crippen molar-refractivity contribution in [1.82, 2.24) is 14.1 Å². The monoisotopic (exact) mass is 286 g/mol. The van der Waals surface area contributed by atoms with Crippen molar-refractivity contribution in [2.75, 3.05) is 12.3 Å². The van der Waals surface area contributed by atoms with Crippen LogP contribution in [0.25, 0.3) is 0 Å². The molecule has 1 aromatic rings. The normalized spacial score (nSPS) is 18.1. The minimum atomic E-state index is -3.54. The Morgan fingerprint density at radius 3 is 2.53 bits per heavy atom. The largest absolute Gasteiger partial charge is 0.381 e. The zero-order valence-electron chi connectivity index (χ0n) is 11.5. The van der Waals surface area contributed by atoms with E-state index >= 15 is 0 Å². The Labute approximate surface area is 114 Å². The molecule has 1 fully saturated rings. The van der Waals surface area contributed by atoms with E-state index in [1.165, 1.54) is 17.3 Å². The molecular weight excluding hydrogens is 264 g/mol. The number of anilines is 1. The van der Waals surface area contributed by atoms with Gasteiger partial charge in [0.15, 0.2) is 5.82 Å². The summed E-state index contributed by atoms with van der Waals surface area (Å²) in [6.07, 6.45) is 6.75. The van der Waals surface area contributed by atoms with Gasteiger partial charge in [0.1, 0.15) is 4.90 Å². The third-order valence-electron chi connectivity index (χ3n) is 3.70. The van der Waals surface area contributed by atoms with Crippen molar-refractivity contribution in [2.45, 2.75) is 50.0 Å². The molecule has 0 atom stereocenters. The molecule has 1 aliphatic rings. The maximum Gasteiger partial charge on any atom is 0.248 e. The van der Waals surface area contributed by atoms with Gasteiger partial charge in [-0.2, -0.15) is 9.40 Å². The van der Waals surface area contributed by atoms with Crippen molar-refractivity contribution in [2.24, 2.45) is 7.05 Å². The molecule has 1 aromatic heterocycles. The number of nitrogens with two attached hydrogens (primary N) is 1. The first-order valence-corrected chi connectivity index (χ1v) is 8.21. The van der Waals surface area contributed by atoms with Gasteiger partial charge in [0.2, 0.25) is 10.0 Å². The van der Waals surface area contributed by atoms with E-state index in [-0.39, 0.29) is 16.8 Å². The van der Waals surface area contributed by atoms with Crippen molar-refractivity contribution in [3.63, 3.8) is 0 Å². The van der Waals surface area contributed by atoms with E-state index in [9.17, 15) is 8.42 Å². The lowest BCUT2D eigenvalue weighted by atomic mass is 9.95. The fourth-order valence-corrected chi connectivity index (χ4v) is 4.59. The minimum absolute atomic E-state index is 0.0803. The van der Waals surface area contributed by atoms with Crippen LogP contribution in [0.3, 0.4) is 0 Å². The summed E-state index contributed by atoms with van der Waals surface area (Å²) in [5.41, 5.74) is 5.71. The van der Waals surface area contributed by atoms with Gasteiger partial charge < -0.3 is 5.73 Å². The Kier molecular flexibility index (Phi) is 4.15. The van der Waals surface area contributed by atoms with Gasteiger partial charge in [-0.05, 0) is 12.8 Å². The zero-order valence-corrected chi connectivity index (χ0v) is 12.4. The van der Waals surface area contributed by atoms with Crippen molar-refractivity contribution in [1.29, 1.82) is 0 Å². The molecule has 0 radical (unpaired) electrons. The SMILES string of the molecule is CCN(C1CCCCC1)S(=O)(=O)c1cn(C)nc1N. The highest BCUT2D eigenvalue weighted by molar-refractivity contribution is 7.89. The fourth-order valence-electron chi connectivity index (χ4n) is 2.80. The second kappa shape index (κ2) is 5.50. The first-order valence-electron chi connectivity index (χ1n) is 6.77. The lowest BCUT2D eigenvalue weighted by Gasteiger charge is -2.32. The zero-order chi connectivity index (χ0) is 14.0. The highest BCUT2D eigenvalue weighted by atomic mass is 32.2. The van der Waals surface area contributed by atoms with E-state index in [0.29, 0.717) is 6.54 Å². The van der Waals surface area contributed by atoms with Crippen molar-refractivity contribution in [3.05, 3.63) is 6.20 Å². The van der Waals surface area contributed by atoms with Crippen LogP contribution in [0.5, 0.6) is 0 Å². The number of aryl methyl sites for hydroxylation is 1. The topological polar surface area (TPSA) is 81.2 Å². The molecule has 1 heterocycles. The van der Waals surface area contributed by atoms with Crippen LogP contribution in [0.2, 0.25) is 0 Å². The van der Waals surface area contributed by atoms with Gasteiger partial charge in [0.05, 0.1) is 0 Å². The van der Waals surface area contributed by atoms with Crippen LogP contribution in [0.4, 0.5) is 5.82 Å². The molecule has 0 unspecified atom stereocenters. The van der Waals surface area contributed by atoms with Crippen LogP contribution in [-0.2, 0) is 17.1 Å². The predicted molar refractivity (Wildman–Crippen MR) is 74.1 cm³/mol. The standard InChI is InChI=1S/C12H22N4O2S/c1-3-16(10-7-5-4-6-8-10)19(17,18)11-9-15(2)14-12(11)13/h9-10H,3-8H2,1-2H3,(H2,13,14). The maximum absolute atomic E-state index is 12.7. The number of aromatic nitrogens is 2. The Morgan fingerprint density at radius 1 is 1.42 bits per heavy atom.